The molecule has 0 aliphatic rings. The van der Waals surface area contributed by atoms with Gasteiger partial charge < -0.3 is 15.1 Å². The third kappa shape index (κ3) is 5.09. The first-order chi connectivity index (χ1) is 10.6. The molecule has 1 heterocycles. The monoisotopic (exact) mass is 300 g/mol. The summed E-state index contributed by atoms with van der Waals surface area (Å²) in [6.45, 7) is 2.26. The molecule has 0 aliphatic heterocycles. The van der Waals surface area contributed by atoms with Crippen LogP contribution in [0.15, 0.2) is 53.1 Å². The molecule has 0 radical (unpaired) electrons. The quantitative estimate of drug-likeness (QED) is 0.797. The van der Waals surface area contributed by atoms with E-state index in [2.05, 4.69) is 10.6 Å². The standard InChI is InChI=1S/C17H20N2O3/c1-13(12-15-8-5-11-22-15)19-17(21)16(20)18-10-9-14-6-3-2-4-7-14/h2-8,11,13H,9-10,12H2,1H3,(H,18,20)(H,19,21). The molecule has 0 bridgehead atoms. The van der Waals surface area contributed by atoms with E-state index in [1.807, 2.05) is 43.3 Å². The second kappa shape index (κ2) is 8.02. The van der Waals surface area contributed by atoms with E-state index in [9.17, 15) is 9.59 Å². The van der Waals surface area contributed by atoms with E-state index < -0.39 is 11.8 Å². The summed E-state index contributed by atoms with van der Waals surface area (Å²) in [5.41, 5.74) is 1.12. The minimum atomic E-state index is -0.618. The van der Waals surface area contributed by atoms with Gasteiger partial charge in [-0.3, -0.25) is 9.59 Å². The van der Waals surface area contributed by atoms with E-state index in [1.165, 1.54) is 0 Å². The predicted molar refractivity (Wildman–Crippen MR) is 83.2 cm³/mol. The minimum absolute atomic E-state index is 0.168. The molecule has 2 N–H and O–H groups in total. The van der Waals surface area contributed by atoms with E-state index in [1.54, 1.807) is 12.3 Å². The Bertz CT molecular complexity index is 594. The number of carbonyl (C=O) groups excluding carboxylic acids is 2. The molecule has 1 aromatic carbocycles. The third-order valence-corrected chi connectivity index (χ3v) is 3.21. The highest BCUT2D eigenvalue weighted by molar-refractivity contribution is 6.35. The minimum Gasteiger partial charge on any atom is -0.469 e. The van der Waals surface area contributed by atoms with Crippen molar-refractivity contribution in [3.8, 4) is 0 Å². The summed E-state index contributed by atoms with van der Waals surface area (Å²) in [5.74, 6) is -0.452. The normalized spacial score (nSPS) is 11.7. The largest absolute Gasteiger partial charge is 0.469 e. The topological polar surface area (TPSA) is 71.3 Å². The maximum atomic E-state index is 11.8. The fourth-order valence-electron chi connectivity index (χ4n) is 2.12. The van der Waals surface area contributed by atoms with Crippen molar-refractivity contribution in [1.29, 1.82) is 0 Å². The molecule has 1 unspecified atom stereocenters. The molecule has 0 saturated heterocycles. The van der Waals surface area contributed by atoms with Crippen molar-refractivity contribution in [3.63, 3.8) is 0 Å². The summed E-state index contributed by atoms with van der Waals surface area (Å²) in [7, 11) is 0. The van der Waals surface area contributed by atoms with Crippen LogP contribution < -0.4 is 10.6 Å². The lowest BCUT2D eigenvalue weighted by Crippen LogP contribution is -2.44. The van der Waals surface area contributed by atoms with Crippen LogP contribution in [0.2, 0.25) is 0 Å². The Balaban J connectivity index is 1.69. The lowest BCUT2D eigenvalue weighted by Gasteiger charge is -2.12. The molecule has 22 heavy (non-hydrogen) atoms. The molecule has 0 aliphatic carbocycles. The number of hydrogen-bond acceptors (Lipinski definition) is 3. The number of nitrogens with one attached hydrogen (secondary N) is 2. The van der Waals surface area contributed by atoms with Crippen molar-refractivity contribution < 1.29 is 14.0 Å². The lowest BCUT2D eigenvalue weighted by atomic mass is 10.1. The van der Waals surface area contributed by atoms with Gasteiger partial charge in [-0.1, -0.05) is 30.3 Å². The fraction of sp³-hybridized carbons (Fsp3) is 0.294. The molecule has 0 fully saturated rings. The first kappa shape index (κ1) is 15.8. The molecule has 116 valence electrons. The molecule has 2 rings (SSSR count). The van der Waals surface area contributed by atoms with Crippen molar-refractivity contribution in [1.82, 2.24) is 10.6 Å². The summed E-state index contributed by atoms with van der Waals surface area (Å²) in [5, 5.41) is 5.28. The van der Waals surface area contributed by atoms with Gasteiger partial charge in [0.25, 0.3) is 0 Å². The smallest absolute Gasteiger partial charge is 0.309 e. The molecule has 0 saturated carbocycles. The van der Waals surface area contributed by atoms with Crippen LogP contribution in [0.3, 0.4) is 0 Å². The number of benzene rings is 1. The maximum Gasteiger partial charge on any atom is 0.309 e. The predicted octanol–water partition coefficient (Wildman–Crippen LogP) is 1.69. The van der Waals surface area contributed by atoms with E-state index in [-0.39, 0.29) is 6.04 Å². The van der Waals surface area contributed by atoms with E-state index >= 15 is 0 Å². The SMILES string of the molecule is CC(Cc1ccco1)NC(=O)C(=O)NCCc1ccccc1. The fourth-order valence-corrected chi connectivity index (χ4v) is 2.12. The number of amides is 2. The van der Waals surface area contributed by atoms with Crippen molar-refractivity contribution in [2.45, 2.75) is 25.8 Å². The summed E-state index contributed by atoms with van der Waals surface area (Å²) in [6, 6.07) is 13.3. The lowest BCUT2D eigenvalue weighted by molar-refractivity contribution is -0.139. The van der Waals surface area contributed by atoms with Gasteiger partial charge in [-0.2, -0.15) is 0 Å². The van der Waals surface area contributed by atoms with Crippen molar-refractivity contribution in [2.24, 2.45) is 0 Å². The zero-order valence-electron chi connectivity index (χ0n) is 12.5. The van der Waals surface area contributed by atoms with Crippen LogP contribution in [0.25, 0.3) is 0 Å². The van der Waals surface area contributed by atoms with Crippen LogP contribution in [0.5, 0.6) is 0 Å². The molecule has 5 heteroatoms. The Morgan fingerprint density at radius 2 is 1.86 bits per heavy atom. The van der Waals surface area contributed by atoms with Crippen LogP contribution in [0.4, 0.5) is 0 Å². The summed E-state index contributed by atoms with van der Waals surface area (Å²) >= 11 is 0. The van der Waals surface area contributed by atoms with Gasteiger partial charge in [0.15, 0.2) is 0 Å². The summed E-state index contributed by atoms with van der Waals surface area (Å²) < 4.78 is 5.21. The molecular weight excluding hydrogens is 280 g/mol. The second-order valence-electron chi connectivity index (χ2n) is 5.15. The Hall–Kier alpha value is -2.56. The van der Waals surface area contributed by atoms with Gasteiger partial charge in [-0.25, -0.2) is 0 Å². The number of rotatable bonds is 6. The average Bonchev–Trinajstić information content (AvgIpc) is 3.00. The molecule has 2 aromatic rings. The van der Waals surface area contributed by atoms with Crippen molar-refractivity contribution in [3.05, 3.63) is 60.1 Å². The summed E-state index contributed by atoms with van der Waals surface area (Å²) in [4.78, 5) is 23.5. The molecule has 1 atom stereocenters. The molecule has 2 amide bonds. The Morgan fingerprint density at radius 3 is 2.55 bits per heavy atom. The molecule has 1 aromatic heterocycles. The van der Waals surface area contributed by atoms with Gasteiger partial charge in [-0.05, 0) is 31.0 Å². The molecular formula is C17H20N2O3. The van der Waals surface area contributed by atoms with Crippen molar-refractivity contribution >= 4 is 11.8 Å². The van der Waals surface area contributed by atoms with E-state index in [0.29, 0.717) is 19.4 Å². The van der Waals surface area contributed by atoms with Crippen LogP contribution >= 0.6 is 0 Å². The highest BCUT2D eigenvalue weighted by Gasteiger charge is 2.16. The molecule has 5 nitrogen and oxygen atoms in total. The molecule has 0 spiro atoms. The first-order valence-corrected chi connectivity index (χ1v) is 7.30. The highest BCUT2D eigenvalue weighted by atomic mass is 16.3. The first-order valence-electron chi connectivity index (χ1n) is 7.30. The Kier molecular flexibility index (Phi) is 5.77. The van der Waals surface area contributed by atoms with E-state index in [0.717, 1.165) is 11.3 Å². The van der Waals surface area contributed by atoms with Crippen LogP contribution in [0.1, 0.15) is 18.2 Å². The Labute approximate surface area is 129 Å². The third-order valence-electron chi connectivity index (χ3n) is 3.21. The number of hydrogen-bond donors (Lipinski definition) is 2. The van der Waals surface area contributed by atoms with Crippen LogP contribution in [-0.2, 0) is 22.4 Å². The van der Waals surface area contributed by atoms with Crippen LogP contribution in [-0.4, -0.2) is 24.4 Å². The second-order valence-corrected chi connectivity index (χ2v) is 5.15. The zero-order chi connectivity index (χ0) is 15.8. The van der Waals surface area contributed by atoms with Gasteiger partial charge in [0, 0.05) is 19.0 Å². The summed E-state index contributed by atoms with van der Waals surface area (Å²) in [6.07, 6.45) is 2.83. The van der Waals surface area contributed by atoms with Gasteiger partial charge in [0.2, 0.25) is 0 Å². The van der Waals surface area contributed by atoms with Crippen molar-refractivity contribution in [2.75, 3.05) is 6.54 Å². The van der Waals surface area contributed by atoms with E-state index in [4.69, 9.17) is 4.42 Å². The maximum absolute atomic E-state index is 11.8. The van der Waals surface area contributed by atoms with Gasteiger partial charge in [0.05, 0.1) is 6.26 Å². The highest BCUT2D eigenvalue weighted by Crippen LogP contribution is 2.03. The van der Waals surface area contributed by atoms with Gasteiger partial charge >= 0.3 is 11.8 Å². The number of carbonyl (C=O) groups is 2. The zero-order valence-corrected chi connectivity index (χ0v) is 12.5. The van der Waals surface area contributed by atoms with Crippen LogP contribution in [0, 0.1) is 0 Å². The average molecular weight is 300 g/mol. The Morgan fingerprint density at radius 1 is 1.09 bits per heavy atom. The van der Waals surface area contributed by atoms with Gasteiger partial charge in [0.1, 0.15) is 5.76 Å². The number of furan rings is 1. The van der Waals surface area contributed by atoms with Gasteiger partial charge in [-0.15, -0.1) is 0 Å².